The maximum Gasteiger partial charge on any atom is 0.338 e. The number of benzene rings is 1. The Labute approximate surface area is 179 Å². The largest absolute Gasteiger partial charge is 0.449 e. The zero-order valence-corrected chi connectivity index (χ0v) is 17.6. The number of amides is 1. The second-order valence-corrected chi connectivity index (χ2v) is 8.82. The molecule has 2 heterocycles. The van der Waals surface area contributed by atoms with E-state index in [0.29, 0.717) is 18.2 Å². The van der Waals surface area contributed by atoms with E-state index in [0.717, 1.165) is 0 Å². The molecular formula is C19H20ClN3O6S. The van der Waals surface area contributed by atoms with E-state index in [1.54, 1.807) is 6.07 Å². The summed E-state index contributed by atoms with van der Waals surface area (Å²) in [6.07, 6.45) is 0.239. The maximum absolute atomic E-state index is 12.8. The van der Waals surface area contributed by atoms with Crippen molar-refractivity contribution in [1.82, 2.24) is 9.29 Å². The molecule has 0 saturated carbocycles. The third-order valence-electron chi connectivity index (χ3n) is 4.31. The Hall–Kier alpha value is -2.53. The van der Waals surface area contributed by atoms with Crippen LogP contribution in [0.25, 0.3) is 0 Å². The van der Waals surface area contributed by atoms with Gasteiger partial charge in [-0.3, -0.25) is 4.79 Å². The van der Waals surface area contributed by atoms with Crippen LogP contribution in [0.4, 0.5) is 5.82 Å². The molecule has 1 aromatic heterocycles. The van der Waals surface area contributed by atoms with Gasteiger partial charge in [-0.25, -0.2) is 18.2 Å². The zero-order valence-electron chi connectivity index (χ0n) is 16.1. The number of halogens is 1. The molecule has 0 aliphatic carbocycles. The van der Waals surface area contributed by atoms with Crippen LogP contribution in [0.5, 0.6) is 0 Å². The zero-order chi connectivity index (χ0) is 21.7. The molecule has 2 aromatic rings. The molecule has 0 radical (unpaired) electrons. The van der Waals surface area contributed by atoms with Crippen molar-refractivity contribution in [2.75, 3.05) is 31.6 Å². The number of esters is 1. The van der Waals surface area contributed by atoms with E-state index in [4.69, 9.17) is 21.1 Å². The Morgan fingerprint density at radius 1 is 1.23 bits per heavy atom. The number of carbonyl (C=O) groups excluding carboxylic acids is 2. The van der Waals surface area contributed by atoms with Crippen LogP contribution in [0.1, 0.15) is 17.3 Å². The first kappa shape index (κ1) is 22.2. The van der Waals surface area contributed by atoms with Gasteiger partial charge in [-0.05, 0) is 37.3 Å². The standard InChI is InChI=1S/C19H20ClN3O6S/c1-13(18(24)22-17-6-5-15(20)12-21-17)29-19(25)14-3-2-4-16(11-14)30(26,27)23-7-9-28-10-8-23/h2-6,11-13H,7-10H2,1H3,(H,21,22,24). The smallest absolute Gasteiger partial charge is 0.338 e. The average Bonchev–Trinajstić information content (AvgIpc) is 2.76. The third-order valence-corrected chi connectivity index (χ3v) is 6.43. The minimum Gasteiger partial charge on any atom is -0.449 e. The van der Waals surface area contributed by atoms with Crippen LogP contribution in [-0.2, 0) is 24.3 Å². The number of carbonyl (C=O) groups is 2. The summed E-state index contributed by atoms with van der Waals surface area (Å²) < 4.78 is 37.2. The van der Waals surface area contributed by atoms with Crippen molar-refractivity contribution in [2.24, 2.45) is 0 Å². The minimum atomic E-state index is -3.76. The average molecular weight is 454 g/mol. The first-order valence-corrected chi connectivity index (χ1v) is 10.9. The van der Waals surface area contributed by atoms with E-state index in [2.05, 4.69) is 10.3 Å². The second kappa shape index (κ2) is 9.52. The van der Waals surface area contributed by atoms with Crippen molar-refractivity contribution in [3.63, 3.8) is 0 Å². The molecule has 11 heteroatoms. The normalized spacial score (nSPS) is 15.9. The fourth-order valence-corrected chi connectivity index (χ4v) is 4.25. The van der Waals surface area contributed by atoms with Gasteiger partial charge in [0, 0.05) is 19.3 Å². The summed E-state index contributed by atoms with van der Waals surface area (Å²) in [6.45, 7) is 2.52. The Kier molecular flexibility index (Phi) is 7.03. The third kappa shape index (κ3) is 5.33. The van der Waals surface area contributed by atoms with Crippen molar-refractivity contribution in [1.29, 1.82) is 0 Å². The van der Waals surface area contributed by atoms with E-state index in [1.165, 1.54) is 47.8 Å². The summed E-state index contributed by atoms with van der Waals surface area (Å²) in [5, 5.41) is 2.92. The molecule has 1 aromatic carbocycles. The molecule has 1 saturated heterocycles. The summed E-state index contributed by atoms with van der Waals surface area (Å²) in [7, 11) is -3.76. The van der Waals surface area contributed by atoms with Crippen LogP contribution >= 0.6 is 11.6 Å². The number of sulfonamides is 1. The SMILES string of the molecule is CC(OC(=O)c1cccc(S(=O)(=O)N2CCOCC2)c1)C(=O)Nc1ccc(Cl)cn1. The number of nitrogens with zero attached hydrogens (tertiary/aromatic N) is 2. The van der Waals surface area contributed by atoms with Gasteiger partial charge in [0.2, 0.25) is 10.0 Å². The summed E-state index contributed by atoms with van der Waals surface area (Å²) >= 11 is 5.75. The summed E-state index contributed by atoms with van der Waals surface area (Å²) in [4.78, 5) is 28.6. The van der Waals surface area contributed by atoms with Gasteiger partial charge in [-0.15, -0.1) is 0 Å². The fourth-order valence-electron chi connectivity index (χ4n) is 2.68. The number of ether oxygens (including phenoxy) is 2. The molecule has 160 valence electrons. The van der Waals surface area contributed by atoms with Crippen molar-refractivity contribution >= 4 is 39.3 Å². The van der Waals surface area contributed by atoms with Gasteiger partial charge in [0.25, 0.3) is 5.91 Å². The van der Waals surface area contributed by atoms with Gasteiger partial charge in [0.1, 0.15) is 5.82 Å². The first-order valence-electron chi connectivity index (χ1n) is 9.09. The molecule has 30 heavy (non-hydrogen) atoms. The Morgan fingerprint density at radius 2 is 1.97 bits per heavy atom. The van der Waals surface area contributed by atoms with Crippen LogP contribution in [-0.4, -0.2) is 62.0 Å². The molecule has 1 fully saturated rings. The molecule has 1 unspecified atom stereocenters. The van der Waals surface area contributed by atoms with Gasteiger partial charge < -0.3 is 14.8 Å². The molecule has 9 nitrogen and oxygen atoms in total. The van der Waals surface area contributed by atoms with E-state index >= 15 is 0 Å². The lowest BCUT2D eigenvalue weighted by molar-refractivity contribution is -0.123. The predicted octanol–water partition coefficient (Wildman–Crippen LogP) is 1.94. The van der Waals surface area contributed by atoms with Gasteiger partial charge in [-0.1, -0.05) is 17.7 Å². The molecule has 1 atom stereocenters. The number of rotatable bonds is 6. The van der Waals surface area contributed by atoms with Crippen molar-refractivity contribution in [3.8, 4) is 0 Å². The summed E-state index contributed by atoms with van der Waals surface area (Å²) in [6, 6.07) is 8.58. The lowest BCUT2D eigenvalue weighted by Gasteiger charge is -2.26. The number of pyridine rings is 1. The number of aromatic nitrogens is 1. The van der Waals surface area contributed by atoms with E-state index in [1.807, 2.05) is 0 Å². The van der Waals surface area contributed by atoms with Gasteiger partial charge >= 0.3 is 5.97 Å². The lowest BCUT2D eigenvalue weighted by Crippen LogP contribution is -2.40. The van der Waals surface area contributed by atoms with E-state index in [9.17, 15) is 18.0 Å². The van der Waals surface area contributed by atoms with Gasteiger partial charge in [-0.2, -0.15) is 4.31 Å². The monoisotopic (exact) mass is 453 g/mol. The second-order valence-electron chi connectivity index (χ2n) is 6.44. The molecule has 0 bridgehead atoms. The summed E-state index contributed by atoms with van der Waals surface area (Å²) in [5.74, 6) is -1.15. The molecule has 3 rings (SSSR count). The Bertz CT molecular complexity index is 1020. The van der Waals surface area contributed by atoms with Crippen LogP contribution < -0.4 is 5.32 Å². The van der Waals surface area contributed by atoms with Crippen LogP contribution in [0.3, 0.4) is 0 Å². The van der Waals surface area contributed by atoms with E-state index in [-0.39, 0.29) is 29.4 Å². The lowest BCUT2D eigenvalue weighted by atomic mass is 10.2. The first-order chi connectivity index (χ1) is 14.3. The highest BCUT2D eigenvalue weighted by Crippen LogP contribution is 2.19. The highest BCUT2D eigenvalue weighted by atomic mass is 35.5. The van der Waals surface area contributed by atoms with Crippen molar-refractivity contribution < 1.29 is 27.5 Å². The van der Waals surface area contributed by atoms with E-state index < -0.39 is 28.0 Å². The van der Waals surface area contributed by atoms with Gasteiger partial charge in [0.05, 0.1) is 28.7 Å². The molecule has 1 N–H and O–H groups in total. The quantitative estimate of drug-likeness (QED) is 0.664. The van der Waals surface area contributed by atoms with Crippen molar-refractivity contribution in [3.05, 3.63) is 53.2 Å². The van der Waals surface area contributed by atoms with Crippen LogP contribution in [0.2, 0.25) is 5.02 Å². The Balaban J connectivity index is 1.67. The highest BCUT2D eigenvalue weighted by molar-refractivity contribution is 7.89. The topological polar surface area (TPSA) is 115 Å². The molecule has 0 spiro atoms. The highest BCUT2D eigenvalue weighted by Gasteiger charge is 2.27. The molecular weight excluding hydrogens is 434 g/mol. The number of morpholine rings is 1. The number of nitrogens with one attached hydrogen (secondary N) is 1. The van der Waals surface area contributed by atoms with Crippen molar-refractivity contribution in [2.45, 2.75) is 17.9 Å². The Morgan fingerprint density at radius 3 is 2.63 bits per heavy atom. The maximum atomic E-state index is 12.8. The molecule has 1 amide bonds. The van der Waals surface area contributed by atoms with Gasteiger partial charge in [0.15, 0.2) is 6.10 Å². The number of hydrogen-bond donors (Lipinski definition) is 1. The molecule has 1 aliphatic heterocycles. The molecule has 1 aliphatic rings. The summed E-state index contributed by atoms with van der Waals surface area (Å²) in [5.41, 5.74) is 0.0219. The number of hydrogen-bond acceptors (Lipinski definition) is 7. The predicted molar refractivity (Wildman–Crippen MR) is 109 cm³/mol. The minimum absolute atomic E-state index is 0.0219. The number of anilines is 1. The van der Waals surface area contributed by atoms with Crippen LogP contribution in [0.15, 0.2) is 47.5 Å². The fraction of sp³-hybridized carbons (Fsp3) is 0.316. The van der Waals surface area contributed by atoms with Crippen LogP contribution in [0, 0.1) is 0 Å².